The molecule has 0 radical (unpaired) electrons. The lowest BCUT2D eigenvalue weighted by molar-refractivity contribution is 0.0309. The third-order valence-corrected chi connectivity index (χ3v) is 2.93. The number of nitrogens with one attached hydrogen (secondary N) is 1. The van der Waals surface area contributed by atoms with E-state index >= 15 is 0 Å². The van der Waals surface area contributed by atoms with E-state index in [9.17, 15) is 0 Å². The third-order valence-electron chi connectivity index (χ3n) is 2.93. The van der Waals surface area contributed by atoms with E-state index < -0.39 is 0 Å². The van der Waals surface area contributed by atoms with Crippen molar-refractivity contribution < 1.29 is 9.15 Å². The van der Waals surface area contributed by atoms with Crippen LogP contribution in [0.4, 0.5) is 0 Å². The molecular weight excluding hydrogens is 192 g/mol. The molecule has 15 heavy (non-hydrogen) atoms. The molecule has 1 aliphatic heterocycles. The average Bonchev–Trinajstić information content (AvgIpc) is 2.85. The first-order valence-electron chi connectivity index (χ1n) is 5.43. The molecule has 2 rings (SSSR count). The minimum Gasteiger partial charge on any atom is -0.469 e. The molecule has 1 aromatic heterocycles. The van der Waals surface area contributed by atoms with Gasteiger partial charge >= 0.3 is 0 Å². The fraction of sp³-hybridized carbons (Fsp3) is 0.636. The predicted octanol–water partition coefficient (Wildman–Crippen LogP) is 1.22. The summed E-state index contributed by atoms with van der Waals surface area (Å²) < 4.78 is 11.1. The van der Waals surface area contributed by atoms with Crippen molar-refractivity contribution in [1.82, 2.24) is 5.43 Å². The van der Waals surface area contributed by atoms with Gasteiger partial charge in [0.2, 0.25) is 0 Å². The van der Waals surface area contributed by atoms with Crippen LogP contribution >= 0.6 is 0 Å². The highest BCUT2D eigenvalue weighted by Gasteiger charge is 2.29. The van der Waals surface area contributed by atoms with Gasteiger partial charge in [-0.1, -0.05) is 0 Å². The molecule has 1 aliphatic rings. The van der Waals surface area contributed by atoms with Gasteiger partial charge in [-0.25, -0.2) is 0 Å². The Morgan fingerprint density at radius 1 is 1.60 bits per heavy atom. The van der Waals surface area contributed by atoms with Crippen LogP contribution in [0.5, 0.6) is 0 Å². The van der Waals surface area contributed by atoms with Gasteiger partial charge in [-0.15, -0.1) is 0 Å². The van der Waals surface area contributed by atoms with Crippen molar-refractivity contribution in [2.45, 2.75) is 44.4 Å². The van der Waals surface area contributed by atoms with Gasteiger partial charge in [0, 0.05) is 6.42 Å². The number of ether oxygens (including phenoxy) is 1. The SMILES string of the molecule is CC1CCC(C(Cc2ccco2)NN)O1. The Hall–Kier alpha value is -0.840. The first-order chi connectivity index (χ1) is 7.29. The van der Waals surface area contributed by atoms with Crippen molar-refractivity contribution >= 4 is 0 Å². The third kappa shape index (κ3) is 2.59. The second-order valence-electron chi connectivity index (χ2n) is 4.12. The lowest BCUT2D eigenvalue weighted by Gasteiger charge is -2.21. The molecule has 3 N–H and O–H groups in total. The molecule has 0 amide bonds. The normalized spacial score (nSPS) is 28.1. The summed E-state index contributed by atoms with van der Waals surface area (Å²) in [5.41, 5.74) is 2.82. The number of nitrogens with two attached hydrogens (primary N) is 1. The summed E-state index contributed by atoms with van der Waals surface area (Å²) in [7, 11) is 0. The van der Waals surface area contributed by atoms with Gasteiger partial charge in [-0.3, -0.25) is 11.3 Å². The maximum atomic E-state index is 5.78. The minimum absolute atomic E-state index is 0.140. The monoisotopic (exact) mass is 210 g/mol. The van der Waals surface area contributed by atoms with E-state index in [-0.39, 0.29) is 12.1 Å². The fourth-order valence-corrected chi connectivity index (χ4v) is 2.07. The van der Waals surface area contributed by atoms with Crippen molar-refractivity contribution in [3.8, 4) is 0 Å². The summed E-state index contributed by atoms with van der Waals surface area (Å²) in [6, 6.07) is 3.99. The van der Waals surface area contributed by atoms with E-state index in [1.165, 1.54) is 0 Å². The standard InChI is InChI=1S/C11H18N2O2/c1-8-4-5-11(15-8)10(13-12)7-9-3-2-6-14-9/h2-3,6,8,10-11,13H,4-5,7,12H2,1H3. The second kappa shape index (κ2) is 4.79. The van der Waals surface area contributed by atoms with E-state index in [1.54, 1.807) is 6.26 Å². The van der Waals surface area contributed by atoms with E-state index in [0.717, 1.165) is 25.0 Å². The Kier molecular flexibility index (Phi) is 3.41. The Bertz CT molecular complexity index is 287. The summed E-state index contributed by atoms with van der Waals surface area (Å²) >= 11 is 0. The Labute approximate surface area is 89.7 Å². The summed E-state index contributed by atoms with van der Waals surface area (Å²) in [5, 5.41) is 0. The minimum atomic E-state index is 0.140. The van der Waals surface area contributed by atoms with Crippen LogP contribution in [0.2, 0.25) is 0 Å². The molecule has 0 bridgehead atoms. The Balaban J connectivity index is 1.92. The van der Waals surface area contributed by atoms with E-state index in [4.69, 9.17) is 15.0 Å². The molecule has 1 saturated heterocycles. The molecular formula is C11H18N2O2. The van der Waals surface area contributed by atoms with Gasteiger partial charge in [-0.2, -0.15) is 0 Å². The van der Waals surface area contributed by atoms with Crippen LogP contribution in [0, 0.1) is 0 Å². The molecule has 3 unspecified atom stereocenters. The first kappa shape index (κ1) is 10.7. The van der Waals surface area contributed by atoms with Crippen molar-refractivity contribution in [3.05, 3.63) is 24.2 Å². The van der Waals surface area contributed by atoms with E-state index in [2.05, 4.69) is 12.3 Å². The largest absolute Gasteiger partial charge is 0.469 e. The van der Waals surface area contributed by atoms with Crippen molar-refractivity contribution in [3.63, 3.8) is 0 Å². The number of hydrogen-bond donors (Lipinski definition) is 2. The smallest absolute Gasteiger partial charge is 0.105 e. The van der Waals surface area contributed by atoms with Crippen LogP contribution in [-0.2, 0) is 11.2 Å². The quantitative estimate of drug-likeness (QED) is 0.579. The molecule has 3 atom stereocenters. The molecule has 0 aliphatic carbocycles. The first-order valence-corrected chi connectivity index (χ1v) is 5.43. The van der Waals surface area contributed by atoms with Crippen LogP contribution < -0.4 is 11.3 Å². The van der Waals surface area contributed by atoms with Crippen molar-refractivity contribution in [2.75, 3.05) is 0 Å². The van der Waals surface area contributed by atoms with Crippen LogP contribution in [0.1, 0.15) is 25.5 Å². The van der Waals surface area contributed by atoms with E-state index in [1.807, 2.05) is 12.1 Å². The molecule has 1 fully saturated rings. The molecule has 84 valence electrons. The van der Waals surface area contributed by atoms with Crippen LogP contribution in [-0.4, -0.2) is 18.2 Å². The van der Waals surface area contributed by atoms with Gasteiger partial charge in [0.25, 0.3) is 0 Å². The summed E-state index contributed by atoms with van der Waals surface area (Å²) in [5.74, 6) is 6.49. The van der Waals surface area contributed by atoms with Gasteiger partial charge < -0.3 is 9.15 Å². The lowest BCUT2D eigenvalue weighted by Crippen LogP contribution is -2.45. The highest BCUT2D eigenvalue weighted by atomic mass is 16.5. The molecule has 4 heteroatoms. The predicted molar refractivity (Wildman–Crippen MR) is 57.1 cm³/mol. The summed E-state index contributed by atoms with van der Waals surface area (Å²) in [4.78, 5) is 0. The molecule has 0 aromatic carbocycles. The van der Waals surface area contributed by atoms with Gasteiger partial charge in [0.15, 0.2) is 0 Å². The lowest BCUT2D eigenvalue weighted by atomic mass is 10.0. The highest BCUT2D eigenvalue weighted by Crippen LogP contribution is 2.23. The van der Waals surface area contributed by atoms with Gasteiger partial charge in [0.05, 0.1) is 24.5 Å². The molecule has 0 spiro atoms. The van der Waals surface area contributed by atoms with Gasteiger partial charge in [0.1, 0.15) is 5.76 Å². The summed E-state index contributed by atoms with van der Waals surface area (Å²) in [6.07, 6.45) is 5.19. The van der Waals surface area contributed by atoms with Crippen LogP contribution in [0.25, 0.3) is 0 Å². The Morgan fingerprint density at radius 3 is 3.00 bits per heavy atom. The van der Waals surface area contributed by atoms with Crippen LogP contribution in [0.15, 0.2) is 22.8 Å². The zero-order chi connectivity index (χ0) is 10.7. The number of furan rings is 1. The Morgan fingerprint density at radius 2 is 2.47 bits per heavy atom. The topological polar surface area (TPSA) is 60.4 Å². The molecule has 2 heterocycles. The summed E-state index contributed by atoms with van der Waals surface area (Å²) in [6.45, 7) is 2.10. The average molecular weight is 210 g/mol. The second-order valence-corrected chi connectivity index (χ2v) is 4.12. The molecule has 4 nitrogen and oxygen atoms in total. The number of rotatable bonds is 4. The zero-order valence-electron chi connectivity index (χ0n) is 8.98. The maximum Gasteiger partial charge on any atom is 0.105 e. The molecule has 0 saturated carbocycles. The number of hydrogen-bond acceptors (Lipinski definition) is 4. The van der Waals surface area contributed by atoms with Gasteiger partial charge in [-0.05, 0) is 31.9 Å². The zero-order valence-corrected chi connectivity index (χ0v) is 8.98. The van der Waals surface area contributed by atoms with Crippen molar-refractivity contribution in [2.24, 2.45) is 5.84 Å². The van der Waals surface area contributed by atoms with Crippen molar-refractivity contribution in [1.29, 1.82) is 0 Å². The fourth-order valence-electron chi connectivity index (χ4n) is 2.07. The highest BCUT2D eigenvalue weighted by molar-refractivity contribution is 5.02. The van der Waals surface area contributed by atoms with Crippen LogP contribution in [0.3, 0.4) is 0 Å². The molecule has 1 aromatic rings. The maximum absolute atomic E-state index is 5.78. The number of hydrazine groups is 1. The van der Waals surface area contributed by atoms with E-state index in [0.29, 0.717) is 6.10 Å².